The van der Waals surface area contributed by atoms with E-state index in [0.29, 0.717) is 0 Å². The second kappa shape index (κ2) is 5.42. The van der Waals surface area contributed by atoms with Gasteiger partial charge in [0.25, 0.3) is 9.05 Å². The van der Waals surface area contributed by atoms with Crippen molar-refractivity contribution in [1.82, 2.24) is 4.98 Å². The summed E-state index contributed by atoms with van der Waals surface area (Å²) in [4.78, 5) is 9.04. The first-order valence-electron chi connectivity index (χ1n) is 4.59. The predicted molar refractivity (Wildman–Crippen MR) is 55.6 cm³/mol. The van der Waals surface area contributed by atoms with Gasteiger partial charge in [0, 0.05) is 10.7 Å². The number of nitrogens with zero attached hydrogens (tertiary/aromatic N) is 2. The average molecular weight is 375 g/mol. The molecule has 0 saturated carbocycles. The highest BCUT2D eigenvalue weighted by atomic mass is 35.7. The van der Waals surface area contributed by atoms with Gasteiger partial charge in [0.2, 0.25) is 0 Å². The van der Waals surface area contributed by atoms with Crippen molar-refractivity contribution in [2.45, 2.75) is 17.4 Å². The Morgan fingerprint density at radius 2 is 1.73 bits per heavy atom. The molecule has 0 spiro atoms. The van der Waals surface area contributed by atoms with Crippen molar-refractivity contribution in [1.29, 1.82) is 0 Å². The molecule has 0 aliphatic rings. The quantitative estimate of drug-likeness (QED) is 0.349. The van der Waals surface area contributed by atoms with Gasteiger partial charge in [-0.1, -0.05) is 0 Å². The van der Waals surface area contributed by atoms with Crippen molar-refractivity contribution in [2.24, 2.45) is 0 Å². The van der Waals surface area contributed by atoms with Crippen molar-refractivity contribution in [3.63, 3.8) is 0 Å². The van der Waals surface area contributed by atoms with Crippen LogP contribution in [0.1, 0.15) is 5.56 Å². The van der Waals surface area contributed by atoms with E-state index in [1.165, 1.54) is 0 Å². The van der Waals surface area contributed by atoms with E-state index in [1.807, 2.05) is 0 Å². The lowest BCUT2D eigenvalue weighted by atomic mass is 10.2. The maximum Gasteiger partial charge on any atom is 0.573 e. The average Bonchev–Trinajstić information content (AvgIpc) is 2.22. The van der Waals surface area contributed by atoms with Crippen LogP contribution in [0.15, 0.2) is 11.1 Å². The molecule has 7 nitrogen and oxygen atoms in total. The largest absolute Gasteiger partial charge is 0.573 e. The molecule has 0 fully saturated rings. The van der Waals surface area contributed by atoms with Gasteiger partial charge in [0.15, 0.2) is 17.5 Å². The minimum atomic E-state index is -5.74. The summed E-state index contributed by atoms with van der Waals surface area (Å²) in [6.45, 7) is 0. The molecule has 0 radical (unpaired) electrons. The van der Waals surface area contributed by atoms with Crippen LogP contribution in [0.5, 0.6) is 5.75 Å². The van der Waals surface area contributed by atoms with Crippen LogP contribution in [0, 0.1) is 10.1 Å². The van der Waals surface area contributed by atoms with E-state index in [-0.39, 0.29) is 6.20 Å². The molecule has 15 heteroatoms. The summed E-state index contributed by atoms with van der Waals surface area (Å²) in [5, 5.41) is 10.5. The second-order valence-corrected chi connectivity index (χ2v) is 5.89. The SMILES string of the molecule is O=[N+]([O-])c1ncc(OC(F)(F)F)c(S(=O)(=O)Cl)c1C(F)(F)F. The lowest BCUT2D eigenvalue weighted by Crippen LogP contribution is -2.22. The first-order chi connectivity index (χ1) is 9.64. The standard InChI is InChI=1S/C7HClF6N2O5S/c8-22(19,20)4-2(21-7(12,13)14)1-15-5(16(17)18)3(4)6(9,10)11/h1H. The summed E-state index contributed by atoms with van der Waals surface area (Å²) in [6, 6.07) is 0. The maximum absolute atomic E-state index is 12.8. The summed E-state index contributed by atoms with van der Waals surface area (Å²) in [5.41, 5.74) is -2.57. The molecule has 1 rings (SSSR count). The van der Waals surface area contributed by atoms with Gasteiger partial charge in [0.05, 0.1) is 0 Å². The van der Waals surface area contributed by atoms with Gasteiger partial charge in [-0.15, -0.1) is 13.2 Å². The Labute approximate surface area is 121 Å². The topological polar surface area (TPSA) is 99.4 Å². The molecular weight excluding hydrogens is 374 g/mol. The van der Waals surface area contributed by atoms with Crippen LogP contribution in [0.4, 0.5) is 32.2 Å². The van der Waals surface area contributed by atoms with Crippen LogP contribution in [0.2, 0.25) is 0 Å². The van der Waals surface area contributed by atoms with Crippen molar-refractivity contribution in [3.8, 4) is 5.75 Å². The number of nitro groups is 1. The van der Waals surface area contributed by atoms with Crippen LogP contribution in [-0.2, 0) is 15.2 Å². The molecule has 0 amide bonds. The van der Waals surface area contributed by atoms with E-state index in [0.717, 1.165) is 0 Å². The molecular formula is C7HClF6N2O5S. The fraction of sp³-hybridized carbons (Fsp3) is 0.286. The minimum Gasteiger partial charge on any atom is -0.400 e. The fourth-order valence-corrected chi connectivity index (χ4v) is 2.55. The molecule has 1 aromatic rings. The van der Waals surface area contributed by atoms with Crippen molar-refractivity contribution < 1.29 is 44.4 Å². The number of aromatic nitrogens is 1. The van der Waals surface area contributed by atoms with Gasteiger partial charge in [-0.3, -0.25) is 0 Å². The predicted octanol–water partition coefficient (Wildman–Crippen LogP) is 2.83. The highest BCUT2D eigenvalue weighted by Crippen LogP contribution is 2.45. The number of ether oxygens (including phenoxy) is 1. The van der Waals surface area contributed by atoms with Crippen LogP contribution in [0.25, 0.3) is 0 Å². The molecule has 0 unspecified atom stereocenters. The zero-order chi connectivity index (χ0) is 17.5. The van der Waals surface area contributed by atoms with Crippen molar-refractivity contribution in [3.05, 3.63) is 21.9 Å². The summed E-state index contributed by atoms with van der Waals surface area (Å²) in [6.07, 6.45) is -11.5. The Balaban J connectivity index is 3.90. The highest BCUT2D eigenvalue weighted by molar-refractivity contribution is 8.13. The normalized spacial score (nSPS) is 13.0. The third-order valence-electron chi connectivity index (χ3n) is 1.90. The third-order valence-corrected chi connectivity index (χ3v) is 3.26. The van der Waals surface area contributed by atoms with E-state index < -0.39 is 48.5 Å². The monoisotopic (exact) mass is 374 g/mol. The van der Waals surface area contributed by atoms with E-state index in [4.69, 9.17) is 0 Å². The van der Waals surface area contributed by atoms with Crippen molar-refractivity contribution in [2.75, 3.05) is 0 Å². The Morgan fingerprint density at radius 3 is 2.05 bits per heavy atom. The number of rotatable bonds is 3. The van der Waals surface area contributed by atoms with E-state index in [9.17, 15) is 44.9 Å². The van der Waals surface area contributed by atoms with Crippen LogP contribution < -0.4 is 4.74 Å². The Kier molecular flexibility index (Phi) is 4.49. The lowest BCUT2D eigenvalue weighted by molar-refractivity contribution is -0.393. The molecule has 0 bridgehead atoms. The highest BCUT2D eigenvalue weighted by Gasteiger charge is 2.48. The van der Waals surface area contributed by atoms with E-state index >= 15 is 0 Å². The van der Waals surface area contributed by atoms with Crippen LogP contribution in [-0.4, -0.2) is 24.7 Å². The minimum absolute atomic E-state index is 0.198. The third kappa shape index (κ3) is 4.09. The number of pyridine rings is 1. The molecule has 0 N–H and O–H groups in total. The first-order valence-corrected chi connectivity index (χ1v) is 6.90. The van der Waals surface area contributed by atoms with Gasteiger partial charge in [0.1, 0.15) is 4.90 Å². The van der Waals surface area contributed by atoms with Gasteiger partial charge in [-0.25, -0.2) is 8.42 Å². The van der Waals surface area contributed by atoms with Gasteiger partial charge in [-0.2, -0.15) is 13.2 Å². The summed E-state index contributed by atoms with van der Waals surface area (Å²) < 4.78 is 100. The van der Waals surface area contributed by atoms with E-state index in [2.05, 4.69) is 20.4 Å². The van der Waals surface area contributed by atoms with Gasteiger partial charge >= 0.3 is 18.4 Å². The van der Waals surface area contributed by atoms with Crippen molar-refractivity contribution >= 4 is 25.6 Å². The first kappa shape index (κ1) is 18.2. The molecule has 1 aromatic heterocycles. The zero-order valence-corrected chi connectivity index (χ0v) is 11.1. The molecule has 0 aliphatic carbocycles. The Hall–Kier alpha value is -1.83. The number of hydrogen-bond donors (Lipinski definition) is 0. The molecule has 22 heavy (non-hydrogen) atoms. The molecule has 0 atom stereocenters. The number of alkyl halides is 6. The van der Waals surface area contributed by atoms with E-state index in [1.54, 1.807) is 0 Å². The van der Waals surface area contributed by atoms with Crippen LogP contribution in [0.3, 0.4) is 0 Å². The molecule has 1 heterocycles. The molecule has 0 aliphatic heterocycles. The summed E-state index contributed by atoms with van der Waals surface area (Å²) in [5.74, 6) is -3.98. The Bertz CT molecular complexity index is 715. The molecule has 124 valence electrons. The lowest BCUT2D eigenvalue weighted by Gasteiger charge is -2.15. The second-order valence-electron chi connectivity index (χ2n) is 3.39. The van der Waals surface area contributed by atoms with Gasteiger partial charge in [-0.05, 0) is 9.91 Å². The molecule has 0 saturated heterocycles. The zero-order valence-electron chi connectivity index (χ0n) is 9.57. The summed E-state index contributed by atoms with van der Waals surface area (Å²) >= 11 is 0. The molecule has 0 aromatic carbocycles. The number of hydrogen-bond acceptors (Lipinski definition) is 6. The fourth-order valence-electron chi connectivity index (χ4n) is 1.30. The Morgan fingerprint density at radius 1 is 1.23 bits per heavy atom. The maximum atomic E-state index is 12.8. The van der Waals surface area contributed by atoms with Gasteiger partial charge < -0.3 is 14.9 Å². The smallest absolute Gasteiger partial charge is 0.400 e. The number of halogens is 7. The van der Waals surface area contributed by atoms with Crippen LogP contribution >= 0.6 is 10.7 Å². The summed E-state index contributed by atoms with van der Waals surface area (Å²) in [7, 11) is -0.838.